The van der Waals surface area contributed by atoms with Gasteiger partial charge in [-0.15, -0.1) is 11.3 Å². The second kappa shape index (κ2) is 8.96. The van der Waals surface area contributed by atoms with Crippen molar-refractivity contribution in [1.29, 1.82) is 0 Å². The van der Waals surface area contributed by atoms with Crippen LogP contribution in [0.15, 0.2) is 59.4 Å². The summed E-state index contributed by atoms with van der Waals surface area (Å²) in [5, 5.41) is 3.96. The summed E-state index contributed by atoms with van der Waals surface area (Å²) in [6, 6.07) is 17.7. The van der Waals surface area contributed by atoms with Crippen LogP contribution in [0.4, 0.5) is 5.69 Å². The molecule has 0 bridgehead atoms. The fourth-order valence-corrected chi connectivity index (χ4v) is 5.71. The Balaban J connectivity index is 1.36. The van der Waals surface area contributed by atoms with Crippen molar-refractivity contribution >= 4 is 33.1 Å². The van der Waals surface area contributed by atoms with Gasteiger partial charge in [0.05, 0.1) is 34.2 Å². The van der Waals surface area contributed by atoms with Crippen molar-refractivity contribution in [2.45, 2.75) is 32.2 Å². The molecule has 170 valence electrons. The van der Waals surface area contributed by atoms with Crippen LogP contribution in [-0.4, -0.2) is 38.2 Å². The van der Waals surface area contributed by atoms with Gasteiger partial charge in [0.2, 0.25) is 5.91 Å². The second-order valence-electron chi connectivity index (χ2n) is 8.49. The zero-order valence-corrected chi connectivity index (χ0v) is 19.6. The first-order valence-corrected chi connectivity index (χ1v) is 12.1. The van der Waals surface area contributed by atoms with Crippen molar-refractivity contribution in [3.63, 3.8) is 0 Å². The van der Waals surface area contributed by atoms with Crippen molar-refractivity contribution in [3.8, 4) is 5.69 Å². The molecule has 1 fully saturated rings. The molecule has 3 heterocycles. The number of carbonyl (C=O) groups is 1. The Bertz CT molecular complexity index is 1320. The number of aromatic nitrogens is 3. The number of thiazole rings is 1. The number of carbonyl (C=O) groups excluding carboxylic acids is 1. The molecule has 0 spiro atoms. The van der Waals surface area contributed by atoms with Crippen LogP contribution >= 0.6 is 11.3 Å². The first-order valence-electron chi connectivity index (χ1n) is 11.3. The molecular formula is C25H27N5O2S. The standard InChI is InChI=1S/C25H27N5O2S/c1-17-23(25(32)30(28(17)2)18-10-4-3-5-11-18)27-22(31)16-29-15-9-8-13-20(29)24-26-19-12-6-7-14-21(19)33-24/h3-7,10-12,14,20H,8-9,13,15-16H2,1-2H3,(H,27,31)/t20-/m0/s1. The highest BCUT2D eigenvalue weighted by atomic mass is 32.1. The van der Waals surface area contributed by atoms with Crippen molar-refractivity contribution in [1.82, 2.24) is 19.2 Å². The Labute approximate surface area is 196 Å². The molecule has 0 aliphatic carbocycles. The third-order valence-corrected chi connectivity index (χ3v) is 7.51. The summed E-state index contributed by atoms with van der Waals surface area (Å²) in [4.78, 5) is 33.2. The van der Waals surface area contributed by atoms with Gasteiger partial charge in [0, 0.05) is 7.05 Å². The first-order chi connectivity index (χ1) is 16.0. The number of piperidine rings is 1. The van der Waals surface area contributed by atoms with Crippen LogP contribution in [0, 0.1) is 6.92 Å². The third-order valence-electron chi connectivity index (χ3n) is 6.37. The molecule has 1 N–H and O–H groups in total. The highest BCUT2D eigenvalue weighted by Crippen LogP contribution is 2.35. The lowest BCUT2D eigenvalue weighted by molar-refractivity contribution is -0.118. The van der Waals surface area contributed by atoms with E-state index in [1.807, 2.05) is 62.5 Å². The van der Waals surface area contributed by atoms with E-state index in [-0.39, 0.29) is 24.1 Å². The minimum Gasteiger partial charge on any atom is -0.319 e. The molecule has 2 aromatic carbocycles. The molecule has 7 nitrogen and oxygen atoms in total. The number of likely N-dealkylation sites (tertiary alicyclic amines) is 1. The smallest absolute Gasteiger partial charge is 0.295 e. The van der Waals surface area contributed by atoms with Crippen LogP contribution in [0.3, 0.4) is 0 Å². The van der Waals surface area contributed by atoms with Crippen LogP contribution in [0.5, 0.6) is 0 Å². The van der Waals surface area contributed by atoms with Gasteiger partial charge in [-0.05, 0) is 50.6 Å². The van der Waals surface area contributed by atoms with Gasteiger partial charge in [-0.3, -0.25) is 19.2 Å². The fourth-order valence-electron chi connectivity index (χ4n) is 4.57. The number of nitrogens with zero attached hydrogens (tertiary/aromatic N) is 4. The number of anilines is 1. The highest BCUT2D eigenvalue weighted by Gasteiger charge is 2.29. The number of fused-ring (bicyclic) bond motifs is 1. The van der Waals surface area contributed by atoms with Crippen LogP contribution in [0.25, 0.3) is 15.9 Å². The number of para-hydroxylation sites is 2. The number of rotatable bonds is 5. The SMILES string of the molecule is Cc1c(NC(=O)CN2CCCC[C@H]2c2nc3ccccc3s2)c(=O)n(-c2ccccc2)n1C. The quantitative estimate of drug-likeness (QED) is 0.482. The summed E-state index contributed by atoms with van der Waals surface area (Å²) in [7, 11) is 1.83. The van der Waals surface area contributed by atoms with Gasteiger partial charge >= 0.3 is 0 Å². The molecule has 1 aliphatic rings. The summed E-state index contributed by atoms with van der Waals surface area (Å²) < 4.78 is 4.53. The van der Waals surface area contributed by atoms with E-state index in [1.54, 1.807) is 20.7 Å². The summed E-state index contributed by atoms with van der Waals surface area (Å²) in [5.74, 6) is -0.172. The van der Waals surface area contributed by atoms with Gasteiger partial charge in [0.15, 0.2) is 0 Å². The average Bonchev–Trinajstić information content (AvgIpc) is 3.35. The van der Waals surface area contributed by atoms with Gasteiger partial charge < -0.3 is 5.32 Å². The van der Waals surface area contributed by atoms with E-state index >= 15 is 0 Å². The van der Waals surface area contributed by atoms with Crippen LogP contribution in [0.1, 0.15) is 36.0 Å². The molecule has 1 aliphatic heterocycles. The summed E-state index contributed by atoms with van der Waals surface area (Å²) in [6.07, 6.45) is 3.16. The molecule has 4 aromatic rings. The lowest BCUT2D eigenvalue weighted by Crippen LogP contribution is -2.39. The Hall–Kier alpha value is -3.23. The summed E-state index contributed by atoms with van der Waals surface area (Å²) in [6.45, 7) is 2.93. The lowest BCUT2D eigenvalue weighted by Gasteiger charge is -2.33. The van der Waals surface area contributed by atoms with E-state index in [0.29, 0.717) is 5.69 Å². The molecule has 33 heavy (non-hydrogen) atoms. The molecular weight excluding hydrogens is 434 g/mol. The molecule has 1 saturated heterocycles. The van der Waals surface area contributed by atoms with E-state index in [9.17, 15) is 9.59 Å². The van der Waals surface area contributed by atoms with E-state index in [4.69, 9.17) is 4.98 Å². The van der Waals surface area contributed by atoms with Gasteiger partial charge in [-0.2, -0.15) is 0 Å². The van der Waals surface area contributed by atoms with Crippen molar-refractivity contribution in [2.75, 3.05) is 18.4 Å². The fraction of sp³-hybridized carbons (Fsp3) is 0.320. The summed E-state index contributed by atoms with van der Waals surface area (Å²) in [5.41, 5.74) is 2.60. The zero-order chi connectivity index (χ0) is 22.9. The normalized spacial score (nSPS) is 16.8. The predicted octanol–water partition coefficient (Wildman–Crippen LogP) is 4.26. The maximum Gasteiger partial charge on any atom is 0.295 e. The van der Waals surface area contributed by atoms with E-state index in [0.717, 1.165) is 47.7 Å². The number of nitrogens with one attached hydrogen (secondary N) is 1. The minimum atomic E-state index is -0.226. The lowest BCUT2D eigenvalue weighted by atomic mass is 10.0. The maximum absolute atomic E-state index is 13.1. The molecule has 2 aromatic heterocycles. The topological polar surface area (TPSA) is 72.2 Å². The van der Waals surface area contributed by atoms with Crippen LogP contribution < -0.4 is 10.9 Å². The van der Waals surface area contributed by atoms with Crippen molar-refractivity contribution in [2.24, 2.45) is 7.05 Å². The minimum absolute atomic E-state index is 0.125. The Morgan fingerprint density at radius 1 is 1.12 bits per heavy atom. The van der Waals surface area contributed by atoms with E-state index < -0.39 is 0 Å². The Kier molecular flexibility index (Phi) is 5.86. The molecule has 5 rings (SSSR count). The second-order valence-corrected chi connectivity index (χ2v) is 9.55. The van der Waals surface area contributed by atoms with E-state index in [1.165, 1.54) is 4.70 Å². The number of hydrogen-bond acceptors (Lipinski definition) is 5. The van der Waals surface area contributed by atoms with Crippen LogP contribution in [0.2, 0.25) is 0 Å². The largest absolute Gasteiger partial charge is 0.319 e. The molecule has 1 atom stereocenters. The van der Waals surface area contributed by atoms with E-state index in [2.05, 4.69) is 16.3 Å². The molecule has 0 saturated carbocycles. The average molecular weight is 462 g/mol. The summed E-state index contributed by atoms with van der Waals surface area (Å²) >= 11 is 1.71. The Morgan fingerprint density at radius 2 is 1.88 bits per heavy atom. The van der Waals surface area contributed by atoms with Gasteiger partial charge in [-0.1, -0.05) is 36.8 Å². The molecule has 1 amide bonds. The number of hydrogen-bond donors (Lipinski definition) is 1. The molecule has 8 heteroatoms. The Morgan fingerprint density at radius 3 is 2.67 bits per heavy atom. The number of amides is 1. The zero-order valence-electron chi connectivity index (χ0n) is 18.8. The van der Waals surface area contributed by atoms with Crippen molar-refractivity contribution in [3.05, 3.63) is 75.7 Å². The van der Waals surface area contributed by atoms with Crippen molar-refractivity contribution < 1.29 is 4.79 Å². The number of benzene rings is 2. The third kappa shape index (κ3) is 4.12. The van der Waals surface area contributed by atoms with Gasteiger partial charge in [0.1, 0.15) is 10.7 Å². The maximum atomic E-state index is 13.1. The van der Waals surface area contributed by atoms with Gasteiger partial charge in [0.25, 0.3) is 5.56 Å². The molecule has 0 radical (unpaired) electrons. The monoisotopic (exact) mass is 461 g/mol. The first kappa shape index (κ1) is 21.6. The van der Waals surface area contributed by atoms with Crippen LogP contribution in [-0.2, 0) is 11.8 Å². The molecule has 0 unspecified atom stereocenters. The van der Waals surface area contributed by atoms with Gasteiger partial charge in [-0.25, -0.2) is 9.67 Å². The highest BCUT2D eigenvalue weighted by molar-refractivity contribution is 7.18. The predicted molar refractivity (Wildman–Crippen MR) is 132 cm³/mol.